The fourth-order valence-electron chi connectivity index (χ4n) is 4.93. The first-order valence-electron chi connectivity index (χ1n) is 10.0. The molecular formula is C19H23N7O2S. The van der Waals surface area contributed by atoms with Crippen LogP contribution >= 0.6 is 0 Å². The summed E-state index contributed by atoms with van der Waals surface area (Å²) < 4.78 is 29.5. The van der Waals surface area contributed by atoms with Crippen LogP contribution in [-0.4, -0.2) is 62.9 Å². The van der Waals surface area contributed by atoms with Crippen molar-refractivity contribution < 1.29 is 8.42 Å². The number of sulfonamides is 1. The number of aryl methyl sites for hydroxylation is 1. The summed E-state index contributed by atoms with van der Waals surface area (Å²) in [4.78, 5) is 11.1. The van der Waals surface area contributed by atoms with Gasteiger partial charge in [-0.15, -0.1) is 0 Å². The highest BCUT2D eigenvalue weighted by atomic mass is 32.2. The third-order valence-corrected chi connectivity index (χ3v) is 8.78. The van der Waals surface area contributed by atoms with Crippen molar-refractivity contribution in [2.45, 2.75) is 49.4 Å². The van der Waals surface area contributed by atoms with Gasteiger partial charge in [-0.25, -0.2) is 18.4 Å². The van der Waals surface area contributed by atoms with Crippen LogP contribution in [0.25, 0.3) is 11.4 Å². The minimum atomic E-state index is -3.24. The number of piperazine rings is 1. The van der Waals surface area contributed by atoms with E-state index in [4.69, 9.17) is 0 Å². The van der Waals surface area contributed by atoms with Crippen molar-refractivity contribution in [3.8, 4) is 17.5 Å². The molecule has 0 unspecified atom stereocenters. The third kappa shape index (κ3) is 3.00. The van der Waals surface area contributed by atoms with E-state index < -0.39 is 10.0 Å². The number of aromatic nitrogens is 4. The van der Waals surface area contributed by atoms with Crippen molar-refractivity contribution in [3.63, 3.8) is 0 Å². The second-order valence-electron chi connectivity index (χ2n) is 8.16. The Hall–Kier alpha value is -2.51. The lowest BCUT2D eigenvalue weighted by atomic mass is 10.2. The largest absolute Gasteiger partial charge is 0.349 e. The van der Waals surface area contributed by atoms with Crippen LogP contribution in [0.4, 0.5) is 5.82 Å². The summed E-state index contributed by atoms with van der Waals surface area (Å²) in [5, 5.41) is 13.5. The van der Waals surface area contributed by atoms with Crippen LogP contribution in [0.15, 0.2) is 18.6 Å². The molecule has 152 valence electrons. The van der Waals surface area contributed by atoms with Crippen LogP contribution < -0.4 is 4.90 Å². The van der Waals surface area contributed by atoms with Crippen molar-refractivity contribution in [1.82, 2.24) is 24.1 Å². The van der Waals surface area contributed by atoms with Crippen LogP contribution in [0.2, 0.25) is 0 Å². The van der Waals surface area contributed by atoms with Crippen molar-refractivity contribution in [2.24, 2.45) is 7.05 Å². The van der Waals surface area contributed by atoms with Gasteiger partial charge in [-0.2, -0.15) is 14.7 Å². The minimum absolute atomic E-state index is 0.0416. The van der Waals surface area contributed by atoms with Gasteiger partial charge in [-0.1, -0.05) is 12.8 Å². The third-order valence-electron chi connectivity index (χ3n) is 6.36. The Balaban J connectivity index is 1.42. The van der Waals surface area contributed by atoms with E-state index >= 15 is 0 Å². The van der Waals surface area contributed by atoms with Gasteiger partial charge in [0.25, 0.3) is 0 Å². The number of hydrogen-bond acceptors (Lipinski definition) is 7. The number of nitriles is 1. The van der Waals surface area contributed by atoms with Crippen LogP contribution in [0, 0.1) is 11.3 Å². The Bertz CT molecular complexity index is 1080. The molecule has 4 heterocycles. The predicted octanol–water partition coefficient (Wildman–Crippen LogP) is 1.28. The Morgan fingerprint density at radius 3 is 2.59 bits per heavy atom. The zero-order valence-electron chi connectivity index (χ0n) is 16.3. The first-order valence-corrected chi connectivity index (χ1v) is 11.5. The van der Waals surface area contributed by atoms with Gasteiger partial charge in [0.1, 0.15) is 11.6 Å². The molecule has 1 saturated carbocycles. The minimum Gasteiger partial charge on any atom is -0.349 e. The molecule has 1 aliphatic carbocycles. The number of nitrogens with zero attached hydrogens (tertiary/aromatic N) is 7. The molecule has 0 N–H and O–H groups in total. The molecule has 10 heteroatoms. The van der Waals surface area contributed by atoms with Crippen molar-refractivity contribution in [2.75, 3.05) is 18.0 Å². The fraction of sp³-hybridized carbons (Fsp3) is 0.579. The van der Waals surface area contributed by atoms with Crippen molar-refractivity contribution in [3.05, 3.63) is 24.2 Å². The highest BCUT2D eigenvalue weighted by Gasteiger charge is 2.50. The SMILES string of the molecule is Cn1cc(-c2ncc(C#N)c(N3C[C@@H]4C[C@H]3CN4S(=O)(=O)C3CCCC3)n2)cn1. The topological polar surface area (TPSA) is 108 Å². The monoisotopic (exact) mass is 413 g/mol. The number of rotatable bonds is 4. The molecule has 2 atom stereocenters. The lowest BCUT2D eigenvalue weighted by Gasteiger charge is -2.35. The summed E-state index contributed by atoms with van der Waals surface area (Å²) in [6.45, 7) is 1.04. The van der Waals surface area contributed by atoms with E-state index in [1.807, 2.05) is 13.2 Å². The highest BCUT2D eigenvalue weighted by molar-refractivity contribution is 7.89. The maximum Gasteiger partial charge on any atom is 0.217 e. The van der Waals surface area contributed by atoms with Crippen LogP contribution in [-0.2, 0) is 17.1 Å². The van der Waals surface area contributed by atoms with Gasteiger partial charge in [0.05, 0.1) is 23.2 Å². The van der Waals surface area contributed by atoms with E-state index in [-0.39, 0.29) is 17.3 Å². The quantitative estimate of drug-likeness (QED) is 0.743. The predicted molar refractivity (Wildman–Crippen MR) is 106 cm³/mol. The van der Waals surface area contributed by atoms with Gasteiger partial charge in [0.15, 0.2) is 11.6 Å². The van der Waals surface area contributed by atoms with E-state index in [0.717, 1.165) is 37.7 Å². The molecule has 2 aromatic heterocycles. The Kier molecular flexibility index (Phi) is 4.33. The zero-order valence-corrected chi connectivity index (χ0v) is 17.1. The molecule has 0 spiro atoms. The summed E-state index contributed by atoms with van der Waals surface area (Å²) in [6.07, 6.45) is 9.40. The summed E-state index contributed by atoms with van der Waals surface area (Å²) in [6, 6.07) is 2.18. The molecule has 2 aromatic rings. The van der Waals surface area contributed by atoms with Gasteiger partial charge < -0.3 is 4.90 Å². The normalized spacial score (nSPS) is 25.0. The molecule has 2 bridgehead atoms. The zero-order chi connectivity index (χ0) is 20.2. The molecule has 2 saturated heterocycles. The van der Waals surface area contributed by atoms with E-state index in [9.17, 15) is 13.7 Å². The number of anilines is 1. The first kappa shape index (κ1) is 18.5. The van der Waals surface area contributed by atoms with Crippen molar-refractivity contribution >= 4 is 15.8 Å². The smallest absolute Gasteiger partial charge is 0.217 e. The lowest BCUT2D eigenvalue weighted by Crippen LogP contribution is -2.51. The lowest BCUT2D eigenvalue weighted by molar-refractivity contribution is 0.362. The molecular weight excluding hydrogens is 390 g/mol. The van der Waals surface area contributed by atoms with Gasteiger partial charge in [-0.05, 0) is 19.3 Å². The molecule has 3 aliphatic rings. The van der Waals surface area contributed by atoms with Crippen LogP contribution in [0.5, 0.6) is 0 Å². The van der Waals surface area contributed by atoms with Crippen LogP contribution in [0.1, 0.15) is 37.7 Å². The Labute approximate surface area is 170 Å². The summed E-state index contributed by atoms with van der Waals surface area (Å²) in [5.41, 5.74) is 1.20. The van der Waals surface area contributed by atoms with E-state index in [2.05, 4.69) is 26.0 Å². The van der Waals surface area contributed by atoms with E-state index in [0.29, 0.717) is 30.3 Å². The van der Waals surface area contributed by atoms with E-state index in [1.165, 1.54) is 0 Å². The number of fused-ring (bicyclic) bond motifs is 2. The molecule has 0 aromatic carbocycles. The van der Waals surface area contributed by atoms with Gasteiger partial charge in [0.2, 0.25) is 10.0 Å². The van der Waals surface area contributed by atoms with Gasteiger partial charge >= 0.3 is 0 Å². The summed E-state index contributed by atoms with van der Waals surface area (Å²) in [7, 11) is -1.41. The van der Waals surface area contributed by atoms with Gasteiger partial charge in [0, 0.05) is 38.4 Å². The fourth-order valence-corrected chi connectivity index (χ4v) is 7.19. The summed E-state index contributed by atoms with van der Waals surface area (Å²) >= 11 is 0. The Morgan fingerprint density at radius 1 is 1.17 bits per heavy atom. The maximum atomic E-state index is 13.1. The van der Waals surface area contributed by atoms with Crippen molar-refractivity contribution in [1.29, 1.82) is 5.26 Å². The molecule has 5 rings (SSSR count). The second-order valence-corrected chi connectivity index (χ2v) is 10.3. The average molecular weight is 414 g/mol. The van der Waals surface area contributed by atoms with Gasteiger partial charge in [-0.3, -0.25) is 4.68 Å². The first-order chi connectivity index (χ1) is 14.0. The highest BCUT2D eigenvalue weighted by Crippen LogP contribution is 2.39. The molecule has 29 heavy (non-hydrogen) atoms. The second kappa shape index (κ2) is 6.78. The van der Waals surface area contributed by atoms with E-state index in [1.54, 1.807) is 21.4 Å². The average Bonchev–Trinajstić information content (AvgIpc) is 3.51. The Morgan fingerprint density at radius 2 is 1.97 bits per heavy atom. The number of hydrogen-bond donors (Lipinski definition) is 0. The molecule has 0 amide bonds. The molecule has 2 aliphatic heterocycles. The summed E-state index contributed by atoms with van der Waals surface area (Å²) in [5.74, 6) is 1.11. The van der Waals surface area contributed by atoms with Crippen LogP contribution in [0.3, 0.4) is 0 Å². The standard InChI is InChI=1S/C19H23N7O2S/c1-24-10-14(9-22-24)18-21-8-13(7-20)19(23-18)25-11-16-6-15(25)12-26(16)29(27,28)17-4-2-3-5-17/h8-10,15-17H,2-6,11-12H2,1H3/t15-,16-/m0/s1. The maximum absolute atomic E-state index is 13.1. The molecule has 9 nitrogen and oxygen atoms in total. The molecule has 3 fully saturated rings. The molecule has 0 radical (unpaired) electrons.